The minimum absolute atomic E-state index is 0.00682. The van der Waals surface area contributed by atoms with Crippen LogP contribution in [0, 0.1) is 29.1 Å². The highest BCUT2D eigenvalue weighted by atomic mass is 16.4. The largest absolute Gasteiger partial charge is 0.481 e. The third-order valence-electron chi connectivity index (χ3n) is 22.3. The van der Waals surface area contributed by atoms with Gasteiger partial charge >= 0.3 is 11.9 Å². The number of nitrogens with zero attached hydrogens (tertiary/aromatic N) is 2. The van der Waals surface area contributed by atoms with Crippen molar-refractivity contribution in [1.82, 2.24) is 106 Å². The standard InChI is InChI=1S/C85H133N25O26/c1-11-44(8)69(82(134)102-49(23-27-58(86)111)72(124)95-40-66(120)121)108-76(128)51(26-30-65(118)119)100-75(127)48(20-15-31-91-85(89)90)98-63(116)38-93-73(125)53(34-41(2)3)104-79(131)57-22-17-33-110(57)84(136)55(36-60(88)113)105-81(133)68(43(6)7)106-71(123)46(10)97-74(126)50-25-29-61(114)92-37-62(115)96-45(9)70(122)103-54(35-47-18-13-12-14-19-47)77(129)107-67(42(4)5)80(132)94-39-64(117)99-52(24-28-59(87)112)83(135)109-32-16-21-56(109)78(130)101-50/h12-14,18-19,41-46,48-57,67-69H,11,15-17,20-40H2,1-10H3,(H2,86,111)(H2,87,112)(H2,88,113)(H,92,114)(H,93,125)(H,94,132)(H,95,124)(H,96,115)(H,97,126)(H,98,116)(H,99,117)(H,100,127)(H,101,130)(H,102,134)(H,103,122)(H,104,131)(H,105,133)(H,106,123)(H,107,129)(H,108,128)(H,118,119)(H,120,121)(H4,89,90,91)/t44-,45-,46-,48-,49-,50-,51-,52-,53-,54-,55-,56-,57-,67-,68-,69-/m0/s1. The number of aliphatic carboxylic acids is 2. The zero-order valence-corrected chi connectivity index (χ0v) is 77.9. The molecule has 3 saturated heterocycles. The number of carboxylic acid groups (broad SMARTS) is 2. The zero-order valence-electron chi connectivity index (χ0n) is 77.9. The minimum Gasteiger partial charge on any atom is -0.481 e. The quantitative estimate of drug-likeness (QED) is 0.0164. The van der Waals surface area contributed by atoms with Gasteiger partial charge in [0.1, 0.15) is 97.2 Å². The molecular weight excluding hydrogens is 1790 g/mol. The smallest absolute Gasteiger partial charge is 0.322 e. The van der Waals surface area contributed by atoms with Gasteiger partial charge in [-0.3, -0.25) is 120 Å². The summed E-state index contributed by atoms with van der Waals surface area (Å²) >= 11 is 0. The summed E-state index contributed by atoms with van der Waals surface area (Å²) < 4.78 is 0. The molecule has 0 bridgehead atoms. The number of benzene rings is 1. The van der Waals surface area contributed by atoms with Gasteiger partial charge in [0.25, 0.3) is 0 Å². The van der Waals surface area contributed by atoms with Gasteiger partial charge in [0.2, 0.25) is 130 Å². The van der Waals surface area contributed by atoms with Crippen molar-refractivity contribution in [3.8, 4) is 0 Å². The lowest BCUT2D eigenvalue weighted by molar-refractivity contribution is -0.143. The molecule has 51 nitrogen and oxygen atoms in total. The first kappa shape index (κ1) is 114. The van der Waals surface area contributed by atoms with Crippen LogP contribution in [0.1, 0.15) is 184 Å². The van der Waals surface area contributed by atoms with Crippen LogP contribution in [0.15, 0.2) is 30.3 Å². The third-order valence-corrected chi connectivity index (χ3v) is 22.3. The number of rotatable bonds is 45. The average molecular weight is 1920 g/mol. The summed E-state index contributed by atoms with van der Waals surface area (Å²) in [6, 6.07) is -14.6. The van der Waals surface area contributed by atoms with Crippen molar-refractivity contribution in [1.29, 1.82) is 5.41 Å². The van der Waals surface area contributed by atoms with Gasteiger partial charge in [-0.15, -0.1) is 0 Å². The summed E-state index contributed by atoms with van der Waals surface area (Å²) in [6.45, 7) is 11.5. The van der Waals surface area contributed by atoms with Crippen molar-refractivity contribution >= 4 is 148 Å². The molecule has 0 unspecified atom stereocenters. The number of hydrogen-bond acceptors (Lipinski definition) is 25. The molecule has 51 heteroatoms. The van der Waals surface area contributed by atoms with E-state index in [1.165, 1.54) is 34.6 Å². The fourth-order valence-corrected chi connectivity index (χ4v) is 14.7. The van der Waals surface area contributed by atoms with E-state index in [0.29, 0.717) is 5.56 Å². The van der Waals surface area contributed by atoms with Crippen LogP contribution < -0.4 is 119 Å². The third kappa shape index (κ3) is 39.5. The van der Waals surface area contributed by atoms with Crippen molar-refractivity contribution in [2.75, 3.05) is 45.8 Å². The molecule has 754 valence electrons. The maximum atomic E-state index is 14.7. The van der Waals surface area contributed by atoms with Gasteiger partial charge in [0.05, 0.1) is 26.1 Å². The SMILES string of the molecule is CC[C@H](C)[C@H](NC(=O)[C@H](CCC(=O)O)NC(=O)[C@H](CCCNC(=N)N)NC(=O)CNC(=O)[C@H](CC(C)C)NC(=O)[C@@H]1CCCN1C(=O)[C@H](CC(N)=O)NC(=O)[C@@H](NC(=O)[C@H](C)NC(=O)[C@@H]1CCC(=O)NCC(=O)N[C@@H](C)C(=O)N[C@@H](Cc2ccccc2)C(=O)N[C@@H](C(C)C)C(=O)NCC(=O)N[C@@H](CCC(N)=O)C(=O)N2CCC[C@H]2C(=O)N1)C(C)C)C(=O)N[C@@H](CCC(N)=O)C(=O)NCC(=O)O. The van der Waals surface area contributed by atoms with E-state index in [0.717, 1.165) is 9.80 Å². The van der Waals surface area contributed by atoms with E-state index in [1.807, 2.05) is 0 Å². The Balaban J connectivity index is 1.55. The number of amides is 22. The lowest BCUT2D eigenvalue weighted by Gasteiger charge is -2.31. The molecule has 29 N–H and O–H groups in total. The van der Waals surface area contributed by atoms with Crippen LogP contribution in [0.5, 0.6) is 0 Å². The van der Waals surface area contributed by atoms with E-state index in [1.54, 1.807) is 65.0 Å². The van der Waals surface area contributed by atoms with Crippen LogP contribution in [0.2, 0.25) is 0 Å². The Kier molecular flexibility index (Phi) is 47.6. The summed E-state index contributed by atoms with van der Waals surface area (Å²) in [6.07, 6.45) is -5.16. The number of likely N-dealkylation sites (tertiary alicyclic amines) is 1. The number of nitrogens with two attached hydrogens (primary N) is 4. The Morgan fingerprint density at radius 3 is 1.71 bits per heavy atom. The highest BCUT2D eigenvalue weighted by Gasteiger charge is 2.44. The topological polar surface area (TPSA) is 801 Å². The van der Waals surface area contributed by atoms with Gasteiger partial charge < -0.3 is 139 Å². The molecule has 136 heavy (non-hydrogen) atoms. The Bertz CT molecular complexity index is 4500. The summed E-state index contributed by atoms with van der Waals surface area (Å²) in [7, 11) is 0. The molecule has 0 radical (unpaired) electrons. The molecule has 3 heterocycles. The molecule has 1 aromatic carbocycles. The first-order chi connectivity index (χ1) is 63.9. The van der Waals surface area contributed by atoms with E-state index < -0.39 is 340 Å². The normalized spacial score (nSPS) is 20.3. The van der Waals surface area contributed by atoms with Crippen molar-refractivity contribution in [2.45, 2.75) is 275 Å². The van der Waals surface area contributed by atoms with Gasteiger partial charge in [-0.25, -0.2) is 0 Å². The predicted octanol–water partition coefficient (Wildman–Crippen LogP) is -9.16. The van der Waals surface area contributed by atoms with E-state index in [4.69, 9.17) is 33.5 Å². The lowest BCUT2D eigenvalue weighted by Crippen LogP contribution is -2.61. The summed E-state index contributed by atoms with van der Waals surface area (Å²) in [4.78, 5) is 329. The lowest BCUT2D eigenvalue weighted by atomic mass is 9.96. The number of carbonyl (C=O) groups excluding carboxylic acids is 22. The Hall–Kier alpha value is -14.2. The summed E-state index contributed by atoms with van der Waals surface area (Å²) in [5.74, 6) is -27.4. The van der Waals surface area contributed by atoms with E-state index in [2.05, 4.69) is 95.7 Å². The average Bonchev–Trinajstić information content (AvgIpc) is 1.61. The molecule has 16 atom stereocenters. The van der Waals surface area contributed by atoms with Gasteiger partial charge in [-0.1, -0.05) is 92.1 Å². The molecule has 22 amide bonds. The number of guanidine groups is 1. The van der Waals surface area contributed by atoms with Crippen molar-refractivity contribution in [3.63, 3.8) is 0 Å². The Morgan fingerprint density at radius 1 is 0.515 bits per heavy atom. The molecule has 4 rings (SSSR count). The van der Waals surface area contributed by atoms with Gasteiger partial charge in [-0.05, 0) is 114 Å². The van der Waals surface area contributed by atoms with Crippen LogP contribution >= 0.6 is 0 Å². The van der Waals surface area contributed by atoms with Crippen LogP contribution in [-0.4, -0.2) is 304 Å². The van der Waals surface area contributed by atoms with Gasteiger partial charge in [0, 0.05) is 51.7 Å². The fourth-order valence-electron chi connectivity index (χ4n) is 14.7. The molecule has 3 fully saturated rings. The zero-order chi connectivity index (χ0) is 102. The Morgan fingerprint density at radius 2 is 1.10 bits per heavy atom. The van der Waals surface area contributed by atoms with E-state index >= 15 is 0 Å². The summed E-state index contributed by atoms with van der Waals surface area (Å²) in [5.41, 5.74) is 22.4. The number of carboxylic acids is 2. The highest BCUT2D eigenvalue weighted by Crippen LogP contribution is 2.24. The minimum atomic E-state index is -1.83. The first-order valence-corrected chi connectivity index (χ1v) is 44.9. The maximum absolute atomic E-state index is 14.7. The number of primary amides is 3. The Labute approximate surface area is 784 Å². The van der Waals surface area contributed by atoms with Crippen LogP contribution in [-0.2, 0) is 121 Å². The number of fused-ring (bicyclic) bond motifs is 1. The molecule has 0 saturated carbocycles. The highest BCUT2D eigenvalue weighted by molar-refractivity contribution is 6.03. The van der Waals surface area contributed by atoms with Crippen molar-refractivity contribution in [2.24, 2.45) is 46.6 Å². The molecule has 3 aliphatic heterocycles. The summed E-state index contributed by atoms with van der Waals surface area (Å²) in [5, 5.41) is 70.5. The molecule has 3 aliphatic rings. The van der Waals surface area contributed by atoms with Gasteiger partial charge in [-0.2, -0.15) is 0 Å². The second kappa shape index (κ2) is 56.7. The molecular formula is C85H133N25O26. The second-order valence-corrected chi connectivity index (χ2v) is 34.6. The number of nitrogens with one attached hydrogen (secondary N) is 19. The van der Waals surface area contributed by atoms with E-state index in [-0.39, 0.29) is 83.3 Å². The molecule has 0 spiro atoms. The van der Waals surface area contributed by atoms with Gasteiger partial charge in [0.15, 0.2) is 5.96 Å². The second-order valence-electron chi connectivity index (χ2n) is 34.6. The van der Waals surface area contributed by atoms with Crippen LogP contribution in [0.3, 0.4) is 0 Å². The van der Waals surface area contributed by atoms with Crippen LogP contribution in [0.4, 0.5) is 0 Å². The van der Waals surface area contributed by atoms with Crippen molar-refractivity contribution in [3.05, 3.63) is 35.9 Å². The van der Waals surface area contributed by atoms with E-state index in [9.17, 15) is 120 Å². The molecule has 0 aromatic heterocycles. The van der Waals surface area contributed by atoms with Crippen molar-refractivity contribution < 1.29 is 125 Å². The maximum Gasteiger partial charge on any atom is 0.322 e. The monoisotopic (exact) mass is 1920 g/mol. The van der Waals surface area contributed by atoms with Crippen LogP contribution in [0.25, 0.3) is 0 Å². The first-order valence-electron chi connectivity index (χ1n) is 44.9. The molecule has 1 aromatic rings. The number of carbonyl (C=O) groups is 24. The fraction of sp³-hybridized carbons (Fsp3) is 0.635. The molecule has 0 aliphatic carbocycles. The predicted molar refractivity (Wildman–Crippen MR) is 480 cm³/mol. The number of hydrogen-bond donors (Lipinski definition) is 25.